The van der Waals surface area contributed by atoms with Gasteiger partial charge in [-0.2, -0.15) is 5.26 Å². The van der Waals surface area contributed by atoms with Crippen molar-refractivity contribution in [1.29, 1.82) is 5.26 Å². The normalized spacial score (nSPS) is 16.2. The molecule has 0 aliphatic carbocycles. The molecule has 1 aromatic heterocycles. The summed E-state index contributed by atoms with van der Waals surface area (Å²) in [5.74, 6) is 0.995. The third-order valence-corrected chi connectivity index (χ3v) is 3.35. The first-order chi connectivity index (χ1) is 9.85. The lowest BCUT2D eigenvalue weighted by Crippen LogP contribution is -2.29. The number of rotatable bonds is 4. The van der Waals surface area contributed by atoms with Crippen LogP contribution < -0.4 is 10.1 Å². The number of fused-ring (bicyclic) bond motifs is 1. The molecule has 4 nitrogen and oxygen atoms in total. The molecule has 2 heterocycles. The topological polar surface area (TPSA) is 57.9 Å². The minimum absolute atomic E-state index is 0.185. The van der Waals surface area contributed by atoms with Crippen molar-refractivity contribution in [3.05, 3.63) is 59.4 Å². The average molecular weight is 265 g/mol. The molecule has 0 amide bonds. The highest BCUT2D eigenvalue weighted by Crippen LogP contribution is 2.27. The summed E-state index contributed by atoms with van der Waals surface area (Å²) in [6.07, 6.45) is 2.80. The minimum atomic E-state index is 0.185. The van der Waals surface area contributed by atoms with Crippen LogP contribution in [0.5, 0.6) is 5.75 Å². The van der Waals surface area contributed by atoms with Gasteiger partial charge in [0.25, 0.3) is 0 Å². The Morgan fingerprint density at radius 3 is 3.10 bits per heavy atom. The predicted octanol–water partition coefficient (Wildman–Crippen LogP) is 2.05. The first-order valence-corrected chi connectivity index (χ1v) is 6.65. The van der Waals surface area contributed by atoms with Crippen LogP contribution in [0.1, 0.15) is 16.8 Å². The van der Waals surface area contributed by atoms with Gasteiger partial charge in [-0.3, -0.25) is 0 Å². The fraction of sp³-hybridized carbons (Fsp3) is 0.250. The molecule has 0 saturated carbocycles. The molecule has 1 unspecified atom stereocenters. The van der Waals surface area contributed by atoms with Gasteiger partial charge in [-0.25, -0.2) is 4.98 Å². The van der Waals surface area contributed by atoms with Gasteiger partial charge in [0.05, 0.1) is 0 Å². The monoisotopic (exact) mass is 265 g/mol. The van der Waals surface area contributed by atoms with Gasteiger partial charge in [-0.1, -0.05) is 18.2 Å². The highest BCUT2D eigenvalue weighted by Gasteiger charge is 2.21. The van der Waals surface area contributed by atoms with Crippen molar-refractivity contribution < 1.29 is 4.74 Å². The Bertz CT molecular complexity index is 623. The summed E-state index contributed by atoms with van der Waals surface area (Å²) in [5.41, 5.74) is 2.79. The molecule has 100 valence electrons. The van der Waals surface area contributed by atoms with Crippen LogP contribution in [0.4, 0.5) is 0 Å². The van der Waals surface area contributed by atoms with Crippen LogP contribution in [0.3, 0.4) is 0 Å². The number of hydrogen-bond donors (Lipinski definition) is 1. The first-order valence-electron chi connectivity index (χ1n) is 6.65. The van der Waals surface area contributed by atoms with Crippen LogP contribution in [-0.4, -0.2) is 17.6 Å². The van der Waals surface area contributed by atoms with E-state index in [1.807, 2.05) is 30.3 Å². The largest absolute Gasteiger partial charge is 0.488 e. The Morgan fingerprint density at radius 2 is 2.25 bits per heavy atom. The van der Waals surface area contributed by atoms with Gasteiger partial charge in [-0.05, 0) is 29.3 Å². The quantitative estimate of drug-likeness (QED) is 0.919. The zero-order valence-corrected chi connectivity index (χ0v) is 11.0. The molecule has 0 bridgehead atoms. The molecule has 0 saturated heterocycles. The minimum Gasteiger partial charge on any atom is -0.488 e. The van der Waals surface area contributed by atoms with E-state index in [4.69, 9.17) is 10.00 Å². The van der Waals surface area contributed by atoms with E-state index in [9.17, 15) is 0 Å². The maximum atomic E-state index is 8.81. The van der Waals surface area contributed by atoms with Crippen molar-refractivity contribution in [3.63, 3.8) is 0 Å². The van der Waals surface area contributed by atoms with Crippen molar-refractivity contribution >= 4 is 0 Å². The van der Waals surface area contributed by atoms with E-state index in [-0.39, 0.29) is 6.10 Å². The average Bonchev–Trinajstić information content (AvgIpc) is 2.90. The Balaban J connectivity index is 1.51. The van der Waals surface area contributed by atoms with Gasteiger partial charge in [0.1, 0.15) is 23.6 Å². The summed E-state index contributed by atoms with van der Waals surface area (Å²) in [7, 11) is 0. The van der Waals surface area contributed by atoms with E-state index in [0.717, 1.165) is 24.3 Å². The van der Waals surface area contributed by atoms with Crippen LogP contribution in [0.25, 0.3) is 0 Å². The highest BCUT2D eigenvalue weighted by molar-refractivity contribution is 5.37. The van der Waals surface area contributed by atoms with E-state index in [1.165, 1.54) is 5.56 Å². The summed E-state index contributed by atoms with van der Waals surface area (Å²) in [6.45, 7) is 1.51. The van der Waals surface area contributed by atoms with Gasteiger partial charge in [0.2, 0.25) is 0 Å². The SMILES string of the molecule is N#Cc1cc(CNCC2Cc3ccccc3O2)ccn1. The first kappa shape index (κ1) is 12.6. The number of ether oxygens (including phenoxy) is 1. The summed E-state index contributed by atoms with van der Waals surface area (Å²) >= 11 is 0. The second-order valence-corrected chi connectivity index (χ2v) is 4.84. The molecular weight excluding hydrogens is 250 g/mol. The Hall–Kier alpha value is -2.38. The van der Waals surface area contributed by atoms with Crippen molar-refractivity contribution in [2.75, 3.05) is 6.54 Å². The molecule has 20 heavy (non-hydrogen) atoms. The smallest absolute Gasteiger partial charge is 0.140 e. The van der Waals surface area contributed by atoms with Crippen molar-refractivity contribution in [2.24, 2.45) is 0 Å². The van der Waals surface area contributed by atoms with Gasteiger partial charge < -0.3 is 10.1 Å². The zero-order valence-electron chi connectivity index (χ0n) is 11.0. The molecule has 0 fully saturated rings. The van der Waals surface area contributed by atoms with E-state index in [2.05, 4.69) is 16.4 Å². The lowest BCUT2D eigenvalue weighted by atomic mass is 10.1. The number of aromatic nitrogens is 1. The van der Waals surface area contributed by atoms with Crippen LogP contribution in [0, 0.1) is 11.3 Å². The number of nitrogens with zero attached hydrogens (tertiary/aromatic N) is 2. The second kappa shape index (κ2) is 5.72. The fourth-order valence-corrected chi connectivity index (χ4v) is 2.39. The molecule has 1 atom stereocenters. The molecule has 4 heteroatoms. The third-order valence-electron chi connectivity index (χ3n) is 3.35. The predicted molar refractivity (Wildman–Crippen MR) is 75.2 cm³/mol. The lowest BCUT2D eigenvalue weighted by Gasteiger charge is -2.11. The summed E-state index contributed by atoms with van der Waals surface area (Å²) < 4.78 is 5.86. The van der Waals surface area contributed by atoms with E-state index in [1.54, 1.807) is 12.3 Å². The Labute approximate surface area is 118 Å². The number of para-hydroxylation sites is 1. The van der Waals surface area contributed by atoms with Crippen LogP contribution in [0.2, 0.25) is 0 Å². The molecular formula is C16H15N3O. The summed E-state index contributed by atoms with van der Waals surface area (Å²) in [6, 6.07) is 13.9. The summed E-state index contributed by atoms with van der Waals surface area (Å²) in [4.78, 5) is 3.96. The number of nitriles is 1. The van der Waals surface area contributed by atoms with Crippen LogP contribution in [0.15, 0.2) is 42.6 Å². The van der Waals surface area contributed by atoms with Gasteiger partial charge in [0.15, 0.2) is 0 Å². The third kappa shape index (κ3) is 2.79. The number of nitrogens with one attached hydrogen (secondary N) is 1. The van der Waals surface area contributed by atoms with Crippen molar-refractivity contribution in [2.45, 2.75) is 19.1 Å². The van der Waals surface area contributed by atoms with Gasteiger partial charge in [0, 0.05) is 25.7 Å². The molecule has 0 radical (unpaired) electrons. The number of pyridine rings is 1. The van der Waals surface area contributed by atoms with E-state index >= 15 is 0 Å². The molecule has 2 aromatic rings. The van der Waals surface area contributed by atoms with E-state index < -0.39 is 0 Å². The maximum Gasteiger partial charge on any atom is 0.140 e. The molecule has 0 spiro atoms. The number of benzene rings is 1. The molecule has 1 aromatic carbocycles. The number of hydrogen-bond acceptors (Lipinski definition) is 4. The molecule has 1 aliphatic heterocycles. The Kier molecular flexibility index (Phi) is 3.62. The fourth-order valence-electron chi connectivity index (χ4n) is 2.39. The van der Waals surface area contributed by atoms with Gasteiger partial charge in [-0.15, -0.1) is 0 Å². The lowest BCUT2D eigenvalue weighted by molar-refractivity contribution is 0.227. The van der Waals surface area contributed by atoms with Gasteiger partial charge >= 0.3 is 0 Å². The standard InChI is InChI=1S/C16H15N3O/c17-9-14-7-12(5-6-19-14)10-18-11-15-8-13-3-1-2-4-16(13)20-15/h1-7,15,18H,8,10-11H2. The molecule has 1 N–H and O–H groups in total. The second-order valence-electron chi connectivity index (χ2n) is 4.84. The Morgan fingerprint density at radius 1 is 1.35 bits per heavy atom. The highest BCUT2D eigenvalue weighted by atomic mass is 16.5. The maximum absolute atomic E-state index is 8.81. The van der Waals surface area contributed by atoms with Crippen LogP contribution in [-0.2, 0) is 13.0 Å². The molecule has 3 rings (SSSR count). The summed E-state index contributed by atoms with van der Waals surface area (Å²) in [5, 5.41) is 12.2. The van der Waals surface area contributed by atoms with E-state index in [0.29, 0.717) is 12.2 Å². The van der Waals surface area contributed by atoms with Crippen molar-refractivity contribution in [3.8, 4) is 11.8 Å². The van der Waals surface area contributed by atoms with Crippen LogP contribution >= 0.6 is 0 Å². The molecule has 1 aliphatic rings. The zero-order chi connectivity index (χ0) is 13.8. The van der Waals surface area contributed by atoms with Crippen molar-refractivity contribution in [1.82, 2.24) is 10.3 Å².